The van der Waals surface area contributed by atoms with Crippen LogP contribution in [0.2, 0.25) is 0 Å². The fourth-order valence-corrected chi connectivity index (χ4v) is 3.05. The Hall–Kier alpha value is -4.14. The van der Waals surface area contributed by atoms with Gasteiger partial charge in [0.05, 0.1) is 12.1 Å². The summed E-state index contributed by atoms with van der Waals surface area (Å²) in [4.78, 5) is 35.0. The van der Waals surface area contributed by atoms with Gasteiger partial charge in [0.25, 0.3) is 11.3 Å². The van der Waals surface area contributed by atoms with Crippen molar-refractivity contribution in [3.05, 3.63) is 111 Å². The number of aliphatic carboxylic acids is 1. The number of carbonyl (C=O) groups excluding carboxylic acids is 1. The molecule has 0 amide bonds. The van der Waals surface area contributed by atoms with Gasteiger partial charge in [0, 0.05) is 17.8 Å². The highest BCUT2D eigenvalue weighted by atomic mass is 19.2. The number of ketones is 1. The summed E-state index contributed by atoms with van der Waals surface area (Å²) in [6.45, 7) is -0.396. The van der Waals surface area contributed by atoms with Gasteiger partial charge in [-0.1, -0.05) is 24.3 Å². The van der Waals surface area contributed by atoms with Crippen LogP contribution in [0.1, 0.15) is 22.3 Å². The quantitative estimate of drug-likeness (QED) is 0.331. The highest BCUT2D eigenvalue weighted by Gasteiger charge is 2.17. The number of carboxylic acid groups (broad SMARTS) is 1. The van der Waals surface area contributed by atoms with E-state index in [1.54, 1.807) is 0 Å². The van der Waals surface area contributed by atoms with Crippen LogP contribution < -0.4 is 5.56 Å². The van der Waals surface area contributed by atoms with Crippen LogP contribution in [0, 0.1) is 17.5 Å². The molecule has 3 rings (SSSR count). The highest BCUT2D eigenvalue weighted by Crippen LogP contribution is 2.17. The summed E-state index contributed by atoms with van der Waals surface area (Å²) in [7, 11) is 0. The molecular formula is C23H16F3NO5. The smallest absolute Gasteiger partial charge is 0.376 e. The van der Waals surface area contributed by atoms with E-state index in [0.29, 0.717) is 17.2 Å². The first kappa shape index (κ1) is 22.5. The molecule has 32 heavy (non-hydrogen) atoms. The molecule has 1 aromatic heterocycles. The van der Waals surface area contributed by atoms with E-state index in [1.807, 2.05) is 0 Å². The average molecular weight is 443 g/mol. The minimum Gasteiger partial charge on any atom is -0.507 e. The third-order valence-corrected chi connectivity index (χ3v) is 4.59. The molecule has 0 saturated heterocycles. The van der Waals surface area contributed by atoms with E-state index >= 15 is 0 Å². The molecule has 6 nitrogen and oxygen atoms in total. The lowest BCUT2D eigenvalue weighted by Gasteiger charge is -2.13. The Labute approximate surface area is 179 Å². The Kier molecular flexibility index (Phi) is 6.58. The Morgan fingerprint density at radius 1 is 0.969 bits per heavy atom. The fraction of sp³-hybridized carbons (Fsp3) is 0.0870. The summed E-state index contributed by atoms with van der Waals surface area (Å²) in [5.74, 6) is -6.88. The topological polar surface area (TPSA) is 96.6 Å². The third-order valence-electron chi connectivity index (χ3n) is 4.59. The van der Waals surface area contributed by atoms with Crippen molar-refractivity contribution in [1.82, 2.24) is 4.57 Å². The molecule has 0 aliphatic heterocycles. The number of hydrogen-bond donors (Lipinski definition) is 2. The zero-order valence-corrected chi connectivity index (χ0v) is 16.4. The van der Waals surface area contributed by atoms with E-state index in [9.17, 15) is 32.7 Å². The van der Waals surface area contributed by atoms with Gasteiger partial charge in [-0.15, -0.1) is 0 Å². The molecule has 2 N–H and O–H groups in total. The van der Waals surface area contributed by atoms with Gasteiger partial charge in [-0.3, -0.25) is 9.59 Å². The Balaban J connectivity index is 2.11. The molecule has 0 bridgehead atoms. The van der Waals surface area contributed by atoms with Crippen molar-refractivity contribution in [3.63, 3.8) is 0 Å². The average Bonchev–Trinajstić information content (AvgIpc) is 2.74. The van der Waals surface area contributed by atoms with Gasteiger partial charge in [-0.05, 0) is 41.8 Å². The van der Waals surface area contributed by atoms with Gasteiger partial charge in [0.2, 0.25) is 0 Å². The molecule has 0 aliphatic carbocycles. The minimum atomic E-state index is -1.83. The number of rotatable bonds is 7. The normalized spacial score (nSPS) is 11.4. The predicted octanol–water partition coefficient (Wildman–Crippen LogP) is 3.46. The van der Waals surface area contributed by atoms with Crippen LogP contribution in [0.5, 0.6) is 0 Å². The number of halogens is 3. The van der Waals surface area contributed by atoms with Crippen LogP contribution in [-0.2, 0) is 22.6 Å². The molecule has 2 aromatic carbocycles. The number of benzene rings is 2. The first-order valence-corrected chi connectivity index (χ1v) is 9.24. The summed E-state index contributed by atoms with van der Waals surface area (Å²) in [5.41, 5.74) is -0.350. The van der Waals surface area contributed by atoms with E-state index in [1.165, 1.54) is 48.7 Å². The summed E-state index contributed by atoms with van der Waals surface area (Å²) >= 11 is 0. The van der Waals surface area contributed by atoms with Crippen molar-refractivity contribution in [2.45, 2.75) is 13.0 Å². The monoisotopic (exact) mass is 443 g/mol. The molecule has 0 radical (unpaired) electrons. The van der Waals surface area contributed by atoms with Crippen molar-refractivity contribution in [1.29, 1.82) is 0 Å². The number of aromatic nitrogens is 1. The van der Waals surface area contributed by atoms with Gasteiger partial charge in [0.15, 0.2) is 11.6 Å². The molecule has 3 aromatic rings. The number of nitrogens with zero attached hydrogens (tertiary/aromatic N) is 1. The van der Waals surface area contributed by atoms with Crippen LogP contribution in [0.4, 0.5) is 13.2 Å². The number of aliphatic hydroxyl groups is 1. The number of pyridine rings is 1. The lowest BCUT2D eigenvalue weighted by molar-refractivity contribution is -0.146. The number of hydrogen-bond acceptors (Lipinski definition) is 4. The van der Waals surface area contributed by atoms with Gasteiger partial charge in [0.1, 0.15) is 11.6 Å². The van der Waals surface area contributed by atoms with Gasteiger partial charge in [-0.2, -0.15) is 0 Å². The van der Waals surface area contributed by atoms with Crippen molar-refractivity contribution in [3.8, 4) is 0 Å². The first-order chi connectivity index (χ1) is 15.2. The van der Waals surface area contributed by atoms with E-state index in [4.69, 9.17) is 5.11 Å². The predicted molar refractivity (Wildman–Crippen MR) is 109 cm³/mol. The van der Waals surface area contributed by atoms with Crippen molar-refractivity contribution >= 4 is 17.5 Å². The molecule has 0 aliphatic rings. The maximum absolute atomic E-state index is 14.1. The van der Waals surface area contributed by atoms with Crippen LogP contribution >= 0.6 is 0 Å². The zero-order valence-electron chi connectivity index (χ0n) is 16.4. The number of aliphatic hydroxyl groups excluding tert-OH is 1. The third kappa shape index (κ3) is 5.12. The molecule has 0 atom stereocenters. The SMILES string of the molecule is O=C(O)C(=O)C=C(O)c1cc(Cc2ccc(F)cc2)cn(Cc2cccc(F)c2F)c1=O. The Bertz CT molecular complexity index is 1280. The molecule has 164 valence electrons. The first-order valence-electron chi connectivity index (χ1n) is 9.24. The number of carboxylic acids is 1. The maximum Gasteiger partial charge on any atom is 0.376 e. The lowest BCUT2D eigenvalue weighted by atomic mass is 10.0. The molecule has 0 unspecified atom stereocenters. The summed E-state index contributed by atoms with van der Waals surface area (Å²) in [6.07, 6.45) is 1.90. The molecule has 0 spiro atoms. The van der Waals surface area contributed by atoms with Crippen LogP contribution in [0.25, 0.3) is 5.76 Å². The summed E-state index contributed by atoms with van der Waals surface area (Å²) in [5, 5.41) is 18.9. The molecule has 0 saturated carbocycles. The van der Waals surface area contributed by atoms with Gasteiger partial charge >= 0.3 is 5.97 Å². The van der Waals surface area contributed by atoms with Crippen molar-refractivity contribution < 1.29 is 33.0 Å². The van der Waals surface area contributed by atoms with E-state index in [-0.39, 0.29) is 12.0 Å². The molecular weight excluding hydrogens is 427 g/mol. The second kappa shape index (κ2) is 9.34. The van der Waals surface area contributed by atoms with E-state index in [0.717, 1.165) is 10.6 Å². The Morgan fingerprint density at radius 2 is 1.66 bits per heavy atom. The largest absolute Gasteiger partial charge is 0.507 e. The standard InChI is InChI=1S/C23H16F3NO5/c24-16-6-4-13(5-7-16)8-14-9-17(19(28)10-20(29)23(31)32)22(30)27(11-14)12-15-2-1-3-18(25)21(15)26/h1-7,9-11,28H,8,12H2,(H,31,32). The van der Waals surface area contributed by atoms with Crippen LogP contribution in [0.15, 0.2) is 65.6 Å². The van der Waals surface area contributed by atoms with Gasteiger partial charge < -0.3 is 14.8 Å². The summed E-state index contributed by atoms with van der Waals surface area (Å²) < 4.78 is 41.9. The fourth-order valence-electron chi connectivity index (χ4n) is 3.05. The van der Waals surface area contributed by atoms with Crippen LogP contribution in [0.3, 0.4) is 0 Å². The minimum absolute atomic E-state index is 0.137. The van der Waals surface area contributed by atoms with Gasteiger partial charge in [-0.25, -0.2) is 18.0 Å². The summed E-state index contributed by atoms with van der Waals surface area (Å²) in [6, 6.07) is 10.2. The molecule has 9 heteroatoms. The van der Waals surface area contributed by atoms with Crippen LogP contribution in [-0.4, -0.2) is 26.5 Å². The van der Waals surface area contributed by atoms with E-state index in [2.05, 4.69) is 0 Å². The maximum atomic E-state index is 14.1. The van der Waals surface area contributed by atoms with Crippen molar-refractivity contribution in [2.24, 2.45) is 0 Å². The number of carbonyl (C=O) groups is 2. The Morgan fingerprint density at radius 3 is 2.31 bits per heavy atom. The zero-order chi connectivity index (χ0) is 23.4. The lowest BCUT2D eigenvalue weighted by Crippen LogP contribution is -2.25. The van der Waals surface area contributed by atoms with E-state index < -0.39 is 52.6 Å². The molecule has 0 fully saturated rings. The second-order valence-corrected chi connectivity index (χ2v) is 6.91. The highest BCUT2D eigenvalue weighted by molar-refractivity contribution is 6.38. The molecule has 1 heterocycles. The second-order valence-electron chi connectivity index (χ2n) is 6.91. The van der Waals surface area contributed by atoms with Crippen molar-refractivity contribution in [2.75, 3.05) is 0 Å².